The van der Waals surface area contributed by atoms with Crippen LogP contribution in [0.5, 0.6) is 0 Å². The van der Waals surface area contributed by atoms with Crippen LogP contribution in [0.1, 0.15) is 44.1 Å². The van der Waals surface area contributed by atoms with Crippen LogP contribution in [0.25, 0.3) is 11.3 Å². The Labute approximate surface area is 154 Å². The summed E-state index contributed by atoms with van der Waals surface area (Å²) in [4.78, 5) is 16.4. The second-order valence-corrected chi connectivity index (χ2v) is 6.46. The minimum Gasteiger partial charge on any atom is -0.441 e. The molecule has 1 unspecified atom stereocenters. The van der Waals surface area contributed by atoms with Crippen molar-refractivity contribution in [3.63, 3.8) is 0 Å². The molecule has 1 N–H and O–H groups in total. The van der Waals surface area contributed by atoms with Crippen LogP contribution in [-0.4, -0.2) is 10.9 Å². The summed E-state index contributed by atoms with van der Waals surface area (Å²) in [6.07, 6.45) is 3.62. The number of oxazole rings is 1. The molecule has 2 aromatic carbocycles. The van der Waals surface area contributed by atoms with Crippen molar-refractivity contribution < 1.29 is 9.21 Å². The van der Waals surface area contributed by atoms with Gasteiger partial charge >= 0.3 is 0 Å². The van der Waals surface area contributed by atoms with Crippen molar-refractivity contribution in [1.82, 2.24) is 4.98 Å². The van der Waals surface area contributed by atoms with Crippen LogP contribution in [0.4, 0.5) is 5.69 Å². The van der Waals surface area contributed by atoms with Gasteiger partial charge in [-0.1, -0.05) is 56.3 Å². The predicted molar refractivity (Wildman–Crippen MR) is 104 cm³/mol. The molecular weight excluding hydrogens is 324 g/mol. The number of amides is 1. The Balaban J connectivity index is 1.52. The molecule has 0 saturated carbocycles. The number of benzene rings is 2. The van der Waals surface area contributed by atoms with Crippen LogP contribution >= 0.6 is 0 Å². The summed E-state index contributed by atoms with van der Waals surface area (Å²) < 4.78 is 5.73. The van der Waals surface area contributed by atoms with Gasteiger partial charge in [-0.25, -0.2) is 4.98 Å². The van der Waals surface area contributed by atoms with Gasteiger partial charge in [-0.05, 0) is 30.0 Å². The molecule has 0 aliphatic rings. The SMILES string of the molecule is CCC(C)c1ccc(NC(=O)CCc2ncc(-c3ccccc3)o2)cc1. The largest absolute Gasteiger partial charge is 0.441 e. The summed E-state index contributed by atoms with van der Waals surface area (Å²) in [5.41, 5.74) is 3.09. The van der Waals surface area contributed by atoms with Gasteiger partial charge in [-0.2, -0.15) is 0 Å². The molecule has 3 rings (SSSR count). The van der Waals surface area contributed by atoms with Crippen LogP contribution in [-0.2, 0) is 11.2 Å². The third-order valence-electron chi connectivity index (χ3n) is 4.55. The van der Waals surface area contributed by atoms with Gasteiger partial charge in [-0.15, -0.1) is 0 Å². The van der Waals surface area contributed by atoms with E-state index in [1.807, 2.05) is 42.5 Å². The van der Waals surface area contributed by atoms with Gasteiger partial charge in [0.15, 0.2) is 11.7 Å². The number of carbonyl (C=O) groups is 1. The Morgan fingerprint density at radius 2 is 1.85 bits per heavy atom. The maximum Gasteiger partial charge on any atom is 0.224 e. The molecule has 0 saturated heterocycles. The number of anilines is 1. The number of hydrogen-bond donors (Lipinski definition) is 1. The van der Waals surface area contributed by atoms with E-state index in [1.54, 1.807) is 6.20 Å². The highest BCUT2D eigenvalue weighted by atomic mass is 16.4. The summed E-state index contributed by atoms with van der Waals surface area (Å²) in [5, 5.41) is 2.93. The van der Waals surface area contributed by atoms with E-state index < -0.39 is 0 Å². The Kier molecular flexibility index (Phi) is 5.84. The number of rotatable bonds is 7. The zero-order chi connectivity index (χ0) is 18.4. The summed E-state index contributed by atoms with van der Waals surface area (Å²) in [5.74, 6) is 1.79. The molecule has 0 fully saturated rings. The quantitative estimate of drug-likeness (QED) is 0.620. The monoisotopic (exact) mass is 348 g/mol. The third-order valence-corrected chi connectivity index (χ3v) is 4.55. The normalized spacial score (nSPS) is 11.9. The molecule has 0 spiro atoms. The van der Waals surface area contributed by atoms with E-state index in [0.29, 0.717) is 24.7 Å². The van der Waals surface area contributed by atoms with Gasteiger partial charge in [0.2, 0.25) is 5.91 Å². The first-order chi connectivity index (χ1) is 12.7. The number of aromatic nitrogens is 1. The molecule has 3 aromatic rings. The third kappa shape index (κ3) is 4.60. The molecule has 0 bridgehead atoms. The van der Waals surface area contributed by atoms with Gasteiger partial charge in [0.25, 0.3) is 0 Å². The summed E-state index contributed by atoms with van der Waals surface area (Å²) >= 11 is 0. The van der Waals surface area contributed by atoms with E-state index in [9.17, 15) is 4.79 Å². The number of hydrogen-bond acceptors (Lipinski definition) is 3. The number of nitrogens with one attached hydrogen (secondary N) is 1. The van der Waals surface area contributed by atoms with Crippen LogP contribution in [0, 0.1) is 0 Å². The molecule has 0 aliphatic carbocycles. The van der Waals surface area contributed by atoms with Crippen LogP contribution in [0.2, 0.25) is 0 Å². The number of nitrogens with zero attached hydrogens (tertiary/aromatic N) is 1. The second kappa shape index (κ2) is 8.48. The fourth-order valence-electron chi connectivity index (χ4n) is 2.74. The number of carbonyl (C=O) groups excluding carboxylic acids is 1. The fraction of sp³-hybridized carbons (Fsp3) is 0.273. The van der Waals surface area contributed by atoms with E-state index in [4.69, 9.17) is 4.42 Å². The zero-order valence-corrected chi connectivity index (χ0v) is 15.2. The Morgan fingerprint density at radius 3 is 2.54 bits per heavy atom. The molecular formula is C22H24N2O2. The molecule has 1 atom stereocenters. The zero-order valence-electron chi connectivity index (χ0n) is 15.2. The molecule has 26 heavy (non-hydrogen) atoms. The molecule has 1 aromatic heterocycles. The van der Waals surface area contributed by atoms with Crippen LogP contribution in [0.3, 0.4) is 0 Å². The van der Waals surface area contributed by atoms with Crippen molar-refractivity contribution in [1.29, 1.82) is 0 Å². The van der Waals surface area contributed by atoms with E-state index in [2.05, 4.69) is 36.3 Å². The summed E-state index contributed by atoms with van der Waals surface area (Å²) in [7, 11) is 0. The Bertz CT molecular complexity index is 838. The lowest BCUT2D eigenvalue weighted by molar-refractivity contribution is -0.116. The van der Waals surface area contributed by atoms with Crippen molar-refractivity contribution in [3.8, 4) is 11.3 Å². The van der Waals surface area contributed by atoms with Gasteiger partial charge < -0.3 is 9.73 Å². The first-order valence-electron chi connectivity index (χ1n) is 9.05. The molecule has 134 valence electrons. The highest BCUT2D eigenvalue weighted by molar-refractivity contribution is 5.90. The smallest absolute Gasteiger partial charge is 0.224 e. The molecule has 0 aliphatic heterocycles. The van der Waals surface area contributed by atoms with Gasteiger partial charge in [0.1, 0.15) is 0 Å². The fourth-order valence-corrected chi connectivity index (χ4v) is 2.74. The van der Waals surface area contributed by atoms with Crippen molar-refractivity contribution in [3.05, 3.63) is 72.2 Å². The Hall–Kier alpha value is -2.88. The topological polar surface area (TPSA) is 55.1 Å². The highest BCUT2D eigenvalue weighted by Gasteiger charge is 2.09. The lowest BCUT2D eigenvalue weighted by Crippen LogP contribution is -2.12. The molecule has 0 radical (unpaired) electrons. The maximum atomic E-state index is 12.2. The average Bonchev–Trinajstić information content (AvgIpc) is 3.16. The van der Waals surface area contributed by atoms with Crippen molar-refractivity contribution >= 4 is 11.6 Å². The second-order valence-electron chi connectivity index (χ2n) is 6.46. The van der Waals surface area contributed by atoms with Gasteiger partial charge in [-0.3, -0.25) is 4.79 Å². The Morgan fingerprint density at radius 1 is 1.12 bits per heavy atom. The molecule has 1 heterocycles. The van der Waals surface area contributed by atoms with Crippen molar-refractivity contribution in [2.24, 2.45) is 0 Å². The highest BCUT2D eigenvalue weighted by Crippen LogP contribution is 2.22. The molecule has 4 nitrogen and oxygen atoms in total. The predicted octanol–water partition coefficient (Wildman–Crippen LogP) is 5.43. The van der Waals surface area contributed by atoms with Crippen molar-refractivity contribution in [2.45, 2.75) is 39.0 Å². The van der Waals surface area contributed by atoms with E-state index in [0.717, 1.165) is 23.4 Å². The lowest BCUT2D eigenvalue weighted by Gasteiger charge is -2.10. The standard InChI is InChI=1S/C22H24N2O2/c1-3-16(2)17-9-11-19(12-10-17)24-21(25)13-14-22-23-15-20(26-22)18-7-5-4-6-8-18/h4-12,15-16H,3,13-14H2,1-2H3,(H,24,25). The van der Waals surface area contributed by atoms with E-state index in [-0.39, 0.29) is 5.91 Å². The van der Waals surface area contributed by atoms with Crippen LogP contribution in [0.15, 0.2) is 65.2 Å². The first-order valence-corrected chi connectivity index (χ1v) is 9.05. The maximum absolute atomic E-state index is 12.2. The van der Waals surface area contributed by atoms with Crippen molar-refractivity contribution in [2.75, 3.05) is 5.32 Å². The molecule has 4 heteroatoms. The van der Waals surface area contributed by atoms with Crippen LogP contribution < -0.4 is 5.32 Å². The minimum absolute atomic E-state index is 0.0410. The molecule has 1 amide bonds. The first kappa shape index (κ1) is 17.9. The summed E-state index contributed by atoms with van der Waals surface area (Å²) in [6, 6.07) is 17.9. The summed E-state index contributed by atoms with van der Waals surface area (Å²) in [6.45, 7) is 4.37. The number of aryl methyl sites for hydroxylation is 1. The lowest BCUT2D eigenvalue weighted by atomic mass is 9.99. The van der Waals surface area contributed by atoms with E-state index in [1.165, 1.54) is 5.56 Å². The van der Waals surface area contributed by atoms with Gasteiger partial charge in [0, 0.05) is 24.1 Å². The minimum atomic E-state index is -0.0410. The van der Waals surface area contributed by atoms with Gasteiger partial charge in [0.05, 0.1) is 6.20 Å². The van der Waals surface area contributed by atoms with E-state index >= 15 is 0 Å². The average molecular weight is 348 g/mol.